The molecule has 3 N–H and O–H groups in total. The largest absolute Gasteiger partial charge is 0.562 e. The van der Waals surface area contributed by atoms with Crippen molar-refractivity contribution >= 4 is 14.8 Å². The molecule has 0 aromatic rings. The lowest BCUT2D eigenvalue weighted by Crippen LogP contribution is -3.27. The number of nitrogens with one attached hydrogen (secondary N) is 1. The zero-order chi connectivity index (χ0) is 10.8. The first kappa shape index (κ1) is 11.6. The lowest BCUT2D eigenvalue weighted by atomic mass is 10.2. The van der Waals surface area contributed by atoms with Gasteiger partial charge in [-0.2, -0.15) is 0 Å². The van der Waals surface area contributed by atoms with Crippen molar-refractivity contribution in [2.24, 2.45) is 5.73 Å². The summed E-state index contributed by atoms with van der Waals surface area (Å²) >= 11 is 0. The van der Waals surface area contributed by atoms with Crippen LogP contribution >= 0.6 is 0 Å². The smallest absolute Gasteiger partial charge is 0.373 e. The zero-order valence-electron chi connectivity index (χ0n) is 8.70. The lowest BCUT2D eigenvalue weighted by molar-refractivity contribution is -0.877. The van der Waals surface area contributed by atoms with Gasteiger partial charge in [0.25, 0.3) is 0 Å². The number of hydrogen-bond acceptors (Lipinski definition) is 4. The molecule has 0 saturated carbocycles. The molecule has 7 heteroatoms. The van der Waals surface area contributed by atoms with Gasteiger partial charge in [-0.15, -0.1) is 0 Å². The van der Waals surface area contributed by atoms with Gasteiger partial charge in [0.05, 0.1) is 13.0 Å². The molecule has 1 saturated heterocycles. The number of likely N-dealkylation sites (tertiary alicyclic amines) is 1. The van der Waals surface area contributed by atoms with Crippen LogP contribution in [0.15, 0.2) is 0 Å². The molecule has 2 amide bonds. The predicted octanol–water partition coefficient (Wildman–Crippen LogP) is -1.86. The van der Waals surface area contributed by atoms with Crippen LogP contribution in [0, 0.1) is 0 Å². The number of hydrogen-bond donors (Lipinski definition) is 2. The number of carbonyl (C=O) groups excluding carboxylic acids is 1. The molecule has 1 aliphatic heterocycles. The van der Waals surface area contributed by atoms with E-state index in [1.807, 2.05) is 0 Å². The number of rotatable bonds is 4. The molecule has 2 unspecified atom stereocenters. The summed E-state index contributed by atoms with van der Waals surface area (Å²) < 4.78 is 15.9. The van der Waals surface area contributed by atoms with E-state index in [-0.39, 0.29) is 11.7 Å². The number of primary amides is 1. The number of urea groups is 1. The Morgan fingerprint density at radius 2 is 1.86 bits per heavy atom. The van der Waals surface area contributed by atoms with E-state index in [2.05, 4.69) is 0 Å². The topological polar surface area (TPSA) is 75.2 Å². The van der Waals surface area contributed by atoms with Gasteiger partial charge in [-0.3, -0.25) is 0 Å². The summed E-state index contributed by atoms with van der Waals surface area (Å²) in [6, 6.07) is -0.371. The van der Waals surface area contributed by atoms with Crippen LogP contribution < -0.4 is 10.6 Å². The van der Waals surface area contributed by atoms with Crippen molar-refractivity contribution in [3.63, 3.8) is 0 Å². The van der Waals surface area contributed by atoms with Gasteiger partial charge in [-0.1, -0.05) is 0 Å². The van der Waals surface area contributed by atoms with E-state index in [9.17, 15) is 4.79 Å². The van der Waals surface area contributed by atoms with Gasteiger partial charge in [0.15, 0.2) is 5.67 Å². The van der Waals surface area contributed by atoms with Gasteiger partial charge in [0.2, 0.25) is 0 Å². The van der Waals surface area contributed by atoms with Crippen LogP contribution in [0.1, 0.15) is 6.42 Å². The fourth-order valence-corrected chi connectivity index (χ4v) is 4.36. The molecule has 1 rings (SSSR count). The third-order valence-electron chi connectivity index (χ3n) is 2.72. The van der Waals surface area contributed by atoms with E-state index < -0.39 is 8.80 Å². The van der Waals surface area contributed by atoms with E-state index in [4.69, 9.17) is 19.0 Å². The van der Waals surface area contributed by atoms with Gasteiger partial charge < -0.3 is 19.0 Å². The number of amides is 2. The van der Waals surface area contributed by atoms with Crippen molar-refractivity contribution in [3.8, 4) is 0 Å². The molecule has 0 aliphatic carbocycles. The van der Waals surface area contributed by atoms with Crippen molar-refractivity contribution < 1.29 is 23.0 Å². The Kier molecular flexibility index (Phi) is 3.62. The zero-order valence-corrected chi connectivity index (χ0v) is 9.70. The first-order valence-electron chi connectivity index (χ1n) is 4.42. The van der Waals surface area contributed by atoms with E-state index in [0.717, 1.165) is 13.0 Å². The van der Waals surface area contributed by atoms with Gasteiger partial charge >= 0.3 is 14.8 Å². The molecule has 0 radical (unpaired) electrons. The average molecular weight is 221 g/mol. The minimum atomic E-state index is -2.70. The Morgan fingerprint density at radius 3 is 2.07 bits per heavy atom. The Labute approximate surface area is 84.3 Å². The van der Waals surface area contributed by atoms with Gasteiger partial charge in [0, 0.05) is 21.3 Å². The van der Waals surface area contributed by atoms with Crippen molar-refractivity contribution in [3.05, 3.63) is 0 Å². The number of carbonyl (C=O) groups is 1. The summed E-state index contributed by atoms with van der Waals surface area (Å²) in [5, 5.41) is 0. The Bertz CT molecular complexity index is 213. The Morgan fingerprint density at radius 1 is 1.36 bits per heavy atom. The molecule has 0 spiro atoms. The van der Waals surface area contributed by atoms with Crippen molar-refractivity contribution in [2.75, 3.05) is 27.9 Å². The molecule has 0 aromatic heterocycles. The van der Waals surface area contributed by atoms with Crippen molar-refractivity contribution in [1.29, 1.82) is 0 Å². The maximum Gasteiger partial charge on any atom is 0.562 e. The predicted molar refractivity (Wildman–Crippen MR) is 50.6 cm³/mol. The summed E-state index contributed by atoms with van der Waals surface area (Å²) in [5.41, 5.74) is 5.17. The highest BCUT2D eigenvalue weighted by Gasteiger charge is 2.60. The van der Waals surface area contributed by atoms with Gasteiger partial charge in [-0.25, -0.2) is 9.69 Å². The lowest BCUT2D eigenvalue weighted by Gasteiger charge is -2.40. The van der Waals surface area contributed by atoms with Crippen LogP contribution in [0.2, 0.25) is 0 Å². The summed E-state index contributed by atoms with van der Waals surface area (Å²) in [6.45, 7) is 0.727. The second-order valence-corrected chi connectivity index (χ2v) is 6.33. The fraction of sp³-hybridized carbons (Fsp3) is 0.857. The molecule has 1 heterocycles. The summed E-state index contributed by atoms with van der Waals surface area (Å²) in [4.78, 5) is 11.7. The molecule has 14 heavy (non-hydrogen) atoms. The van der Waals surface area contributed by atoms with Crippen LogP contribution in [-0.4, -0.2) is 48.4 Å². The first-order chi connectivity index (χ1) is 6.61. The SMILES string of the molecule is CO[Si](OC)(OC)C1CC[NH+]1C(N)=O. The maximum atomic E-state index is 11.0. The van der Waals surface area contributed by atoms with E-state index in [1.54, 1.807) is 0 Å². The van der Waals surface area contributed by atoms with Gasteiger partial charge in [0.1, 0.15) is 0 Å². The molecule has 1 fully saturated rings. The average Bonchev–Trinajstić information content (AvgIpc) is 2.11. The Balaban J connectivity index is 2.74. The van der Waals surface area contributed by atoms with E-state index in [1.165, 1.54) is 21.3 Å². The second kappa shape index (κ2) is 4.37. The third-order valence-corrected chi connectivity index (χ3v) is 5.92. The van der Waals surface area contributed by atoms with E-state index in [0.29, 0.717) is 4.90 Å². The molecular weight excluding hydrogens is 204 g/mol. The highest BCUT2D eigenvalue weighted by Crippen LogP contribution is 2.15. The monoisotopic (exact) mass is 221 g/mol. The third kappa shape index (κ3) is 1.69. The Hall–Kier alpha value is -0.473. The quantitative estimate of drug-likeness (QED) is 0.546. The second-order valence-electron chi connectivity index (χ2n) is 3.20. The summed E-state index contributed by atoms with van der Waals surface area (Å²) in [6.07, 6.45) is 0.847. The first-order valence-corrected chi connectivity index (χ1v) is 6.22. The molecular formula is C7H17N2O4Si+. The highest BCUT2D eigenvalue weighted by atomic mass is 28.4. The van der Waals surface area contributed by atoms with E-state index >= 15 is 0 Å². The molecule has 0 bridgehead atoms. The van der Waals surface area contributed by atoms with Crippen LogP contribution in [0.25, 0.3) is 0 Å². The molecule has 6 nitrogen and oxygen atoms in total. The minimum absolute atomic E-state index is 0.0556. The normalized spacial score (nSPS) is 27.1. The molecule has 82 valence electrons. The van der Waals surface area contributed by atoms with Crippen molar-refractivity contribution in [2.45, 2.75) is 12.1 Å². The fourth-order valence-electron chi connectivity index (χ4n) is 1.79. The summed E-state index contributed by atoms with van der Waals surface area (Å²) in [7, 11) is 1.92. The number of nitrogens with two attached hydrogens (primary N) is 1. The maximum absolute atomic E-state index is 11.0. The van der Waals surface area contributed by atoms with Crippen LogP contribution in [0.5, 0.6) is 0 Å². The summed E-state index contributed by atoms with van der Waals surface area (Å²) in [5.74, 6) is 0. The molecule has 1 aliphatic rings. The van der Waals surface area contributed by atoms with Crippen LogP contribution in [-0.2, 0) is 13.3 Å². The molecule has 2 atom stereocenters. The highest BCUT2D eigenvalue weighted by molar-refractivity contribution is 6.62. The van der Waals surface area contributed by atoms with Gasteiger partial charge in [-0.05, 0) is 0 Å². The minimum Gasteiger partial charge on any atom is -0.373 e. The number of quaternary nitrogens is 1. The van der Waals surface area contributed by atoms with Crippen LogP contribution in [0.3, 0.4) is 0 Å². The van der Waals surface area contributed by atoms with Crippen LogP contribution in [0.4, 0.5) is 4.79 Å². The molecule has 0 aromatic carbocycles. The standard InChI is InChI=1S/C7H16N2O4Si/c1-11-14(12-2,13-3)6-4-5-9(6)7(8)10/h6H,4-5H2,1-3H3,(H2,8,10)/p+1. The van der Waals surface area contributed by atoms with Crippen molar-refractivity contribution in [1.82, 2.24) is 0 Å².